The highest BCUT2D eigenvalue weighted by Gasteiger charge is 2.36. The van der Waals surface area contributed by atoms with E-state index < -0.39 is 0 Å². The molecule has 0 saturated heterocycles. The highest BCUT2D eigenvalue weighted by molar-refractivity contribution is 5.34. The Bertz CT molecular complexity index is 387. The summed E-state index contributed by atoms with van der Waals surface area (Å²) in [7, 11) is 0. The van der Waals surface area contributed by atoms with Crippen molar-refractivity contribution in [2.24, 2.45) is 23.7 Å². The van der Waals surface area contributed by atoms with Crippen LogP contribution in [0.4, 0.5) is 0 Å². The normalized spacial score (nSPS) is 43.1. The summed E-state index contributed by atoms with van der Waals surface area (Å²) >= 11 is 0. The van der Waals surface area contributed by atoms with Gasteiger partial charge in [-0.1, -0.05) is 37.0 Å². The van der Waals surface area contributed by atoms with Crippen LogP contribution in [0.5, 0.6) is 0 Å². The van der Waals surface area contributed by atoms with Crippen molar-refractivity contribution in [2.45, 2.75) is 64.2 Å². The van der Waals surface area contributed by atoms with Crippen molar-refractivity contribution in [3.63, 3.8) is 0 Å². The van der Waals surface area contributed by atoms with Gasteiger partial charge in [-0.15, -0.1) is 0 Å². The van der Waals surface area contributed by atoms with Gasteiger partial charge in [-0.2, -0.15) is 0 Å². The second kappa shape index (κ2) is 4.54. The van der Waals surface area contributed by atoms with Gasteiger partial charge < -0.3 is 0 Å². The Kier molecular flexibility index (Phi) is 2.86. The Labute approximate surface area is 112 Å². The Balaban J connectivity index is 1.63. The standard InChI is InChI=1S/C18H26/c1-2-6-14-10-18-12-16-8-4-3-7-15(16)11-17(18)9-13(14)5-1/h9,11,13-14,16,18H,1-8,10,12H2. The highest BCUT2D eigenvalue weighted by Crippen LogP contribution is 2.49. The molecule has 4 aliphatic carbocycles. The molecule has 0 amide bonds. The first-order valence-electron chi connectivity index (χ1n) is 8.32. The predicted octanol–water partition coefficient (Wildman–Crippen LogP) is 5.26. The van der Waals surface area contributed by atoms with E-state index in [1.165, 1.54) is 64.2 Å². The van der Waals surface area contributed by atoms with E-state index in [1.54, 1.807) is 5.57 Å². The maximum absolute atomic E-state index is 2.70. The first kappa shape index (κ1) is 11.3. The van der Waals surface area contributed by atoms with Gasteiger partial charge in [0.15, 0.2) is 0 Å². The lowest BCUT2D eigenvalue weighted by molar-refractivity contribution is 0.205. The first-order chi connectivity index (χ1) is 8.90. The summed E-state index contributed by atoms with van der Waals surface area (Å²) in [6, 6.07) is 0. The molecule has 0 N–H and O–H groups in total. The van der Waals surface area contributed by atoms with E-state index in [9.17, 15) is 0 Å². The van der Waals surface area contributed by atoms with Crippen LogP contribution in [0.15, 0.2) is 23.3 Å². The quantitative estimate of drug-likeness (QED) is 0.543. The zero-order chi connectivity index (χ0) is 11.9. The second-order valence-corrected chi connectivity index (χ2v) is 7.21. The number of hydrogen-bond acceptors (Lipinski definition) is 0. The summed E-state index contributed by atoms with van der Waals surface area (Å²) < 4.78 is 0. The van der Waals surface area contributed by atoms with E-state index in [2.05, 4.69) is 12.2 Å². The molecule has 4 unspecified atom stereocenters. The van der Waals surface area contributed by atoms with E-state index >= 15 is 0 Å². The van der Waals surface area contributed by atoms with E-state index in [4.69, 9.17) is 0 Å². The van der Waals surface area contributed by atoms with Gasteiger partial charge in [0.25, 0.3) is 0 Å². The molecule has 2 fully saturated rings. The number of rotatable bonds is 0. The van der Waals surface area contributed by atoms with E-state index in [-0.39, 0.29) is 0 Å². The van der Waals surface area contributed by atoms with Gasteiger partial charge in [-0.25, -0.2) is 0 Å². The molecule has 0 heterocycles. The number of fused-ring (bicyclic) bond motifs is 3. The summed E-state index contributed by atoms with van der Waals surface area (Å²) in [6.07, 6.45) is 20.2. The van der Waals surface area contributed by atoms with Crippen molar-refractivity contribution in [3.05, 3.63) is 23.3 Å². The second-order valence-electron chi connectivity index (χ2n) is 7.21. The molecule has 0 bridgehead atoms. The Hall–Kier alpha value is -0.520. The van der Waals surface area contributed by atoms with Crippen LogP contribution in [-0.2, 0) is 0 Å². The van der Waals surface area contributed by atoms with Crippen molar-refractivity contribution in [1.82, 2.24) is 0 Å². The number of allylic oxidation sites excluding steroid dienone is 4. The lowest BCUT2D eigenvalue weighted by Gasteiger charge is -2.42. The molecule has 0 radical (unpaired) electrons. The minimum absolute atomic E-state index is 0.941. The maximum Gasteiger partial charge on any atom is -0.0156 e. The van der Waals surface area contributed by atoms with Gasteiger partial charge in [-0.05, 0) is 74.2 Å². The van der Waals surface area contributed by atoms with Gasteiger partial charge >= 0.3 is 0 Å². The molecule has 0 aliphatic heterocycles. The average molecular weight is 242 g/mol. The molecule has 4 rings (SSSR count). The average Bonchev–Trinajstić information content (AvgIpc) is 2.42. The number of hydrogen-bond donors (Lipinski definition) is 0. The van der Waals surface area contributed by atoms with Crippen LogP contribution in [0.3, 0.4) is 0 Å². The molecular weight excluding hydrogens is 216 g/mol. The van der Waals surface area contributed by atoms with Gasteiger partial charge in [0.1, 0.15) is 0 Å². The van der Waals surface area contributed by atoms with Gasteiger partial charge in [-0.3, -0.25) is 0 Å². The Morgan fingerprint density at radius 3 is 2.72 bits per heavy atom. The topological polar surface area (TPSA) is 0 Å². The molecule has 0 spiro atoms. The van der Waals surface area contributed by atoms with Crippen LogP contribution in [0.1, 0.15) is 64.2 Å². The highest BCUT2D eigenvalue weighted by atomic mass is 14.4. The van der Waals surface area contributed by atoms with Crippen LogP contribution >= 0.6 is 0 Å². The van der Waals surface area contributed by atoms with Gasteiger partial charge in [0, 0.05) is 0 Å². The molecular formula is C18H26. The first-order valence-corrected chi connectivity index (χ1v) is 8.32. The van der Waals surface area contributed by atoms with Crippen LogP contribution in [0.25, 0.3) is 0 Å². The van der Waals surface area contributed by atoms with E-state index in [0.717, 1.165) is 23.7 Å². The molecule has 98 valence electrons. The molecule has 0 aromatic rings. The maximum atomic E-state index is 2.70. The molecule has 4 atom stereocenters. The third-order valence-corrected chi connectivity index (χ3v) is 6.15. The summed E-state index contributed by atoms with van der Waals surface area (Å²) in [5.74, 6) is 3.91. The molecule has 0 aromatic heterocycles. The zero-order valence-electron chi connectivity index (χ0n) is 11.5. The van der Waals surface area contributed by atoms with Crippen LogP contribution in [0.2, 0.25) is 0 Å². The third kappa shape index (κ3) is 1.89. The van der Waals surface area contributed by atoms with Crippen LogP contribution in [-0.4, -0.2) is 0 Å². The SMILES string of the molecule is C1=C2C=C3CCCCC3CC2CC2CCCCC12. The molecule has 0 nitrogen and oxygen atoms in total. The van der Waals surface area contributed by atoms with Crippen molar-refractivity contribution in [3.8, 4) is 0 Å². The fourth-order valence-corrected chi connectivity index (χ4v) is 5.16. The summed E-state index contributed by atoms with van der Waals surface area (Å²) in [4.78, 5) is 0. The van der Waals surface area contributed by atoms with E-state index in [1.807, 2.05) is 5.57 Å². The Morgan fingerprint density at radius 2 is 1.72 bits per heavy atom. The minimum Gasteiger partial charge on any atom is -0.0776 e. The molecule has 0 heteroatoms. The van der Waals surface area contributed by atoms with Crippen molar-refractivity contribution >= 4 is 0 Å². The fourth-order valence-electron chi connectivity index (χ4n) is 5.16. The smallest absolute Gasteiger partial charge is 0.0156 e. The molecule has 4 aliphatic rings. The van der Waals surface area contributed by atoms with Crippen LogP contribution in [0, 0.1) is 23.7 Å². The zero-order valence-corrected chi connectivity index (χ0v) is 11.5. The van der Waals surface area contributed by atoms with Crippen molar-refractivity contribution in [1.29, 1.82) is 0 Å². The molecule has 18 heavy (non-hydrogen) atoms. The van der Waals surface area contributed by atoms with Crippen LogP contribution < -0.4 is 0 Å². The van der Waals surface area contributed by atoms with Gasteiger partial charge in [0.05, 0.1) is 0 Å². The monoisotopic (exact) mass is 242 g/mol. The molecule has 2 saturated carbocycles. The lowest BCUT2D eigenvalue weighted by Crippen LogP contribution is -2.30. The van der Waals surface area contributed by atoms with E-state index in [0.29, 0.717) is 0 Å². The van der Waals surface area contributed by atoms with Crippen molar-refractivity contribution < 1.29 is 0 Å². The largest absolute Gasteiger partial charge is 0.0776 e. The van der Waals surface area contributed by atoms with Crippen molar-refractivity contribution in [2.75, 3.05) is 0 Å². The lowest BCUT2D eigenvalue weighted by atomic mass is 9.63. The summed E-state index contributed by atoms with van der Waals surface area (Å²) in [5.41, 5.74) is 3.57. The predicted molar refractivity (Wildman–Crippen MR) is 76.3 cm³/mol. The fraction of sp³-hybridized carbons (Fsp3) is 0.778. The minimum atomic E-state index is 0.941. The van der Waals surface area contributed by atoms with Gasteiger partial charge in [0.2, 0.25) is 0 Å². The molecule has 0 aromatic carbocycles. The summed E-state index contributed by atoms with van der Waals surface area (Å²) in [5, 5.41) is 0. The third-order valence-electron chi connectivity index (χ3n) is 6.15. The Morgan fingerprint density at radius 1 is 0.833 bits per heavy atom. The summed E-state index contributed by atoms with van der Waals surface area (Å²) in [6.45, 7) is 0.